The molecule has 6 rings (SSSR count). The van der Waals surface area contributed by atoms with Gasteiger partial charge in [0.05, 0.1) is 19.1 Å². The Morgan fingerprint density at radius 1 is 1.30 bits per heavy atom. The Hall–Kier alpha value is -3.32. The van der Waals surface area contributed by atoms with Gasteiger partial charge in [0.15, 0.2) is 0 Å². The predicted octanol–water partition coefficient (Wildman–Crippen LogP) is 3.03. The van der Waals surface area contributed by atoms with Crippen molar-refractivity contribution in [1.29, 1.82) is 0 Å². The van der Waals surface area contributed by atoms with Crippen LogP contribution in [0.2, 0.25) is 0 Å². The Bertz CT molecular complexity index is 1180. The minimum atomic E-state index is -0.643. The molecule has 33 heavy (non-hydrogen) atoms. The molecule has 3 atom stereocenters. The topological polar surface area (TPSA) is 79.3 Å². The predicted molar refractivity (Wildman–Crippen MR) is 121 cm³/mol. The summed E-state index contributed by atoms with van der Waals surface area (Å²) in [4.78, 5) is 32.8. The first-order chi connectivity index (χ1) is 15.9. The third-order valence-corrected chi connectivity index (χ3v) is 7.22. The Morgan fingerprint density at radius 3 is 2.97 bits per heavy atom. The van der Waals surface area contributed by atoms with E-state index in [1.54, 1.807) is 12.2 Å². The molecule has 1 aromatic carbocycles. The number of benzene rings is 1. The van der Waals surface area contributed by atoms with E-state index in [0.717, 1.165) is 41.1 Å². The first kappa shape index (κ1) is 20.3. The second-order valence-corrected chi connectivity index (χ2v) is 9.42. The van der Waals surface area contributed by atoms with E-state index in [-0.39, 0.29) is 18.4 Å². The second kappa shape index (κ2) is 7.35. The Labute approximate surface area is 192 Å². The lowest BCUT2D eigenvalue weighted by atomic mass is 9.75. The average molecular weight is 447 g/mol. The van der Waals surface area contributed by atoms with Gasteiger partial charge in [-0.15, -0.1) is 0 Å². The van der Waals surface area contributed by atoms with E-state index < -0.39 is 17.5 Å². The summed E-state index contributed by atoms with van der Waals surface area (Å²) < 4.78 is 6.32. The van der Waals surface area contributed by atoms with Crippen molar-refractivity contribution in [3.05, 3.63) is 76.7 Å². The molecule has 5 aliphatic rings. The van der Waals surface area contributed by atoms with E-state index in [1.165, 1.54) is 5.06 Å². The van der Waals surface area contributed by atoms with Crippen LogP contribution in [0, 0.1) is 0 Å². The molecular weight excluding hydrogens is 420 g/mol. The highest BCUT2D eigenvalue weighted by molar-refractivity contribution is 5.82. The summed E-state index contributed by atoms with van der Waals surface area (Å²) >= 11 is 0. The van der Waals surface area contributed by atoms with E-state index in [2.05, 4.69) is 30.0 Å². The van der Waals surface area contributed by atoms with Gasteiger partial charge in [-0.25, -0.2) is 4.79 Å². The molecule has 0 spiro atoms. The average Bonchev–Trinajstić information content (AvgIpc) is 3.31. The van der Waals surface area contributed by atoms with Gasteiger partial charge >= 0.3 is 5.97 Å². The fourth-order valence-electron chi connectivity index (χ4n) is 5.75. The number of nitrogens with zero attached hydrogens (tertiary/aromatic N) is 2. The third-order valence-electron chi connectivity index (χ3n) is 7.22. The van der Waals surface area contributed by atoms with Crippen molar-refractivity contribution in [2.45, 2.75) is 50.2 Å². The zero-order chi connectivity index (χ0) is 22.7. The van der Waals surface area contributed by atoms with Crippen LogP contribution in [-0.4, -0.2) is 47.3 Å². The molecule has 1 aromatic rings. The van der Waals surface area contributed by atoms with E-state index in [4.69, 9.17) is 9.57 Å². The molecule has 4 heterocycles. The number of anilines is 1. The van der Waals surface area contributed by atoms with Crippen LogP contribution in [0.25, 0.3) is 0 Å². The van der Waals surface area contributed by atoms with Gasteiger partial charge in [0.2, 0.25) is 0 Å². The van der Waals surface area contributed by atoms with Gasteiger partial charge in [0, 0.05) is 47.3 Å². The molecule has 4 aliphatic heterocycles. The number of aliphatic hydroxyl groups is 1. The fourth-order valence-corrected chi connectivity index (χ4v) is 5.75. The van der Waals surface area contributed by atoms with E-state index in [9.17, 15) is 14.7 Å². The molecule has 0 saturated carbocycles. The number of rotatable bonds is 3. The van der Waals surface area contributed by atoms with E-state index in [0.29, 0.717) is 25.1 Å². The summed E-state index contributed by atoms with van der Waals surface area (Å²) in [6, 6.07) is 8.18. The lowest BCUT2D eigenvalue weighted by molar-refractivity contribution is -0.193. The molecule has 7 heteroatoms. The maximum atomic E-state index is 13.1. The Kier molecular flexibility index (Phi) is 4.52. The smallest absolute Gasteiger partial charge is 0.333 e. The minimum absolute atomic E-state index is 0.121. The summed E-state index contributed by atoms with van der Waals surface area (Å²) in [5.74, 6) is 0.153. The number of fused-ring (bicyclic) bond motifs is 5. The third kappa shape index (κ3) is 3.14. The first-order valence-corrected chi connectivity index (χ1v) is 11.5. The number of hydrogen-bond acceptors (Lipinski definition) is 6. The fraction of sp³-hybridized carbons (Fsp3) is 0.385. The highest BCUT2D eigenvalue weighted by atomic mass is 16.7. The van der Waals surface area contributed by atoms with Crippen molar-refractivity contribution in [2.24, 2.45) is 0 Å². The number of hydroxylamine groups is 2. The van der Waals surface area contributed by atoms with Crippen molar-refractivity contribution < 1.29 is 24.3 Å². The van der Waals surface area contributed by atoms with Crippen LogP contribution in [0.5, 0.6) is 0 Å². The summed E-state index contributed by atoms with van der Waals surface area (Å²) in [6.07, 6.45) is 8.74. The monoisotopic (exact) mass is 446 g/mol. The van der Waals surface area contributed by atoms with Crippen LogP contribution in [-0.2, 0) is 24.6 Å². The highest BCUT2D eigenvalue weighted by Gasteiger charge is 2.50. The van der Waals surface area contributed by atoms with Gasteiger partial charge in [0.25, 0.3) is 5.91 Å². The lowest BCUT2D eigenvalue weighted by Gasteiger charge is -2.41. The summed E-state index contributed by atoms with van der Waals surface area (Å²) in [6.45, 7) is 3.30. The number of aliphatic hydroxyl groups excluding tert-OH is 1. The maximum absolute atomic E-state index is 13.1. The minimum Gasteiger partial charge on any atom is -0.485 e. The molecule has 1 amide bonds. The van der Waals surface area contributed by atoms with Gasteiger partial charge in [-0.1, -0.05) is 30.4 Å². The van der Waals surface area contributed by atoms with Crippen molar-refractivity contribution >= 4 is 17.6 Å². The van der Waals surface area contributed by atoms with Crippen LogP contribution in [0.4, 0.5) is 5.69 Å². The Morgan fingerprint density at radius 2 is 2.15 bits per heavy atom. The largest absolute Gasteiger partial charge is 0.485 e. The number of para-hydroxylation sites is 1. The first-order valence-electron chi connectivity index (χ1n) is 11.5. The van der Waals surface area contributed by atoms with E-state index in [1.807, 2.05) is 18.2 Å². The summed E-state index contributed by atoms with van der Waals surface area (Å²) in [7, 11) is 0. The molecule has 1 aliphatic carbocycles. The number of allylic oxidation sites excluding steroid dienone is 2. The van der Waals surface area contributed by atoms with Crippen molar-refractivity contribution in [1.82, 2.24) is 5.06 Å². The van der Waals surface area contributed by atoms with Gasteiger partial charge in [-0.3, -0.25) is 4.79 Å². The van der Waals surface area contributed by atoms with Crippen molar-refractivity contribution in [3.63, 3.8) is 0 Å². The van der Waals surface area contributed by atoms with Crippen molar-refractivity contribution in [3.8, 4) is 0 Å². The number of hydrogen-bond donors (Lipinski definition) is 1. The van der Waals surface area contributed by atoms with Gasteiger partial charge in [0.1, 0.15) is 11.9 Å². The zero-order valence-corrected chi connectivity index (χ0v) is 18.5. The lowest BCUT2D eigenvalue weighted by Crippen LogP contribution is -2.42. The second-order valence-electron chi connectivity index (χ2n) is 9.42. The number of ether oxygens (including phenoxy) is 1. The molecule has 7 nitrogen and oxygen atoms in total. The molecule has 0 bridgehead atoms. The standard InChI is InChI=1S/C26H26N2O5/c1-26(15-24(31)33-28-11-4-7-23(28)30)19-5-2-3-6-20(19)27-12-10-21-18(25(26)27)13-16-8-9-17(29)14-22(16)32-21/h2-3,5-6,8-9,13-14,17,21,29H,4,7,10-12,15H2,1H3. The van der Waals surface area contributed by atoms with Gasteiger partial charge in [-0.2, -0.15) is 5.06 Å². The van der Waals surface area contributed by atoms with Crippen LogP contribution < -0.4 is 4.90 Å². The molecule has 0 radical (unpaired) electrons. The maximum Gasteiger partial charge on any atom is 0.333 e. The normalized spacial score (nSPS) is 29.6. The number of carbonyl (C=O) groups excluding carboxylic acids is 2. The Balaban J connectivity index is 1.43. The highest BCUT2D eigenvalue weighted by Crippen LogP contribution is 2.54. The van der Waals surface area contributed by atoms with Crippen LogP contribution in [0.1, 0.15) is 38.2 Å². The molecule has 170 valence electrons. The molecule has 3 unspecified atom stereocenters. The van der Waals surface area contributed by atoms with Crippen molar-refractivity contribution in [2.75, 3.05) is 18.0 Å². The van der Waals surface area contributed by atoms with Gasteiger partial charge < -0.3 is 19.6 Å². The van der Waals surface area contributed by atoms with Crippen LogP contribution in [0.3, 0.4) is 0 Å². The molecule has 1 N–H and O–H groups in total. The SMILES string of the molecule is CC1(CC(=O)ON2CCCC2=O)C2=C3C=C4C=CC(O)C=C4OC3CCN2c2ccccc21. The molecule has 1 fully saturated rings. The zero-order valence-electron chi connectivity index (χ0n) is 18.5. The molecule has 0 aromatic heterocycles. The van der Waals surface area contributed by atoms with E-state index >= 15 is 0 Å². The molecular formula is C26H26N2O5. The van der Waals surface area contributed by atoms with Crippen LogP contribution >= 0.6 is 0 Å². The summed E-state index contributed by atoms with van der Waals surface area (Å²) in [5.41, 5.74) is 4.58. The van der Waals surface area contributed by atoms with Gasteiger partial charge in [-0.05, 0) is 37.1 Å². The molecule has 1 saturated heterocycles. The summed E-state index contributed by atoms with van der Waals surface area (Å²) in [5, 5.41) is 11.2. The van der Waals surface area contributed by atoms with Crippen LogP contribution in [0.15, 0.2) is 71.2 Å². The number of carbonyl (C=O) groups is 2. The number of amides is 1. The quantitative estimate of drug-likeness (QED) is 0.769.